The molecule has 0 fully saturated rings. The first-order valence-corrected chi connectivity index (χ1v) is 6.78. The molecule has 0 atom stereocenters. The fourth-order valence-electron chi connectivity index (χ4n) is 2.10. The molecule has 0 radical (unpaired) electrons. The van der Waals surface area contributed by atoms with Crippen molar-refractivity contribution in [3.8, 4) is 5.75 Å². The molecule has 2 N–H and O–H groups in total. The van der Waals surface area contributed by atoms with E-state index in [0.717, 1.165) is 25.2 Å². The molecule has 1 aromatic carbocycles. The maximum atomic E-state index is 9.49. The van der Waals surface area contributed by atoms with Crippen LogP contribution in [0, 0.1) is 5.92 Å². The van der Waals surface area contributed by atoms with Gasteiger partial charge in [-0.25, -0.2) is 0 Å². The van der Waals surface area contributed by atoms with E-state index < -0.39 is 0 Å². The van der Waals surface area contributed by atoms with Crippen LogP contribution in [0.5, 0.6) is 5.75 Å². The maximum absolute atomic E-state index is 9.49. The lowest BCUT2D eigenvalue weighted by Crippen LogP contribution is -2.20. The Labute approximate surface area is 114 Å². The Kier molecular flexibility index (Phi) is 4.63. The number of hydrogen-bond acceptors (Lipinski definition) is 2. The van der Waals surface area contributed by atoms with Crippen molar-refractivity contribution in [2.24, 2.45) is 5.92 Å². The minimum Gasteiger partial charge on any atom is -0.508 e. The van der Waals surface area contributed by atoms with Gasteiger partial charge in [-0.3, -0.25) is 0 Å². The summed E-state index contributed by atoms with van der Waals surface area (Å²) >= 11 is 0. The largest absolute Gasteiger partial charge is 0.508 e. The Balaban J connectivity index is 1.99. The molecule has 1 heterocycles. The Morgan fingerprint density at radius 1 is 1.21 bits per heavy atom. The molecule has 3 heteroatoms. The number of rotatable bonds is 6. The highest BCUT2D eigenvalue weighted by atomic mass is 16.3. The predicted octanol–water partition coefficient (Wildman–Crippen LogP) is 2.99. The normalized spacial score (nSPS) is 11.1. The van der Waals surface area contributed by atoms with Crippen LogP contribution >= 0.6 is 0 Å². The second kappa shape index (κ2) is 6.43. The third-order valence-electron chi connectivity index (χ3n) is 3.05. The van der Waals surface area contributed by atoms with E-state index in [9.17, 15) is 5.11 Å². The zero-order valence-electron chi connectivity index (χ0n) is 11.6. The number of benzene rings is 1. The van der Waals surface area contributed by atoms with Crippen molar-refractivity contribution in [2.75, 3.05) is 6.54 Å². The summed E-state index contributed by atoms with van der Waals surface area (Å²) < 4.78 is 2.21. The summed E-state index contributed by atoms with van der Waals surface area (Å²) in [5.41, 5.74) is 2.38. The fourth-order valence-corrected chi connectivity index (χ4v) is 2.10. The summed E-state index contributed by atoms with van der Waals surface area (Å²) in [5, 5.41) is 12.9. The van der Waals surface area contributed by atoms with Crippen LogP contribution in [0.3, 0.4) is 0 Å². The fraction of sp³-hybridized carbons (Fsp3) is 0.375. The van der Waals surface area contributed by atoms with E-state index in [1.54, 1.807) is 6.07 Å². The molecule has 0 aliphatic rings. The molecule has 2 aromatic rings. The van der Waals surface area contributed by atoms with Gasteiger partial charge in [-0.05, 0) is 42.3 Å². The highest BCUT2D eigenvalue weighted by Gasteiger charge is 2.03. The zero-order valence-corrected chi connectivity index (χ0v) is 11.6. The average molecular weight is 258 g/mol. The van der Waals surface area contributed by atoms with E-state index in [2.05, 4.69) is 42.1 Å². The van der Waals surface area contributed by atoms with Crippen LogP contribution in [0.15, 0.2) is 42.6 Å². The van der Waals surface area contributed by atoms with Gasteiger partial charge >= 0.3 is 0 Å². The Bertz CT molecular complexity index is 517. The number of aromatic nitrogens is 1. The lowest BCUT2D eigenvalue weighted by Gasteiger charge is -2.12. The van der Waals surface area contributed by atoms with Crippen molar-refractivity contribution >= 4 is 0 Å². The molecule has 0 saturated carbocycles. The van der Waals surface area contributed by atoms with Crippen molar-refractivity contribution in [1.29, 1.82) is 0 Å². The van der Waals surface area contributed by atoms with Gasteiger partial charge in [0, 0.05) is 25.0 Å². The first-order chi connectivity index (χ1) is 9.15. The molecule has 3 nitrogen and oxygen atoms in total. The van der Waals surface area contributed by atoms with E-state index in [1.807, 2.05) is 18.2 Å². The summed E-state index contributed by atoms with van der Waals surface area (Å²) in [4.78, 5) is 0. The number of phenolic OH excluding ortho intramolecular Hbond substituents is 1. The first kappa shape index (κ1) is 13.7. The lowest BCUT2D eigenvalue weighted by atomic mass is 10.2. The van der Waals surface area contributed by atoms with Crippen LogP contribution in [0.4, 0.5) is 0 Å². The number of aromatic hydroxyl groups is 1. The maximum Gasteiger partial charge on any atom is 0.115 e. The highest BCUT2D eigenvalue weighted by Crippen LogP contribution is 2.13. The van der Waals surface area contributed by atoms with Gasteiger partial charge in [0.25, 0.3) is 0 Å². The van der Waals surface area contributed by atoms with Crippen molar-refractivity contribution in [2.45, 2.75) is 26.9 Å². The van der Waals surface area contributed by atoms with E-state index in [0.29, 0.717) is 11.7 Å². The van der Waals surface area contributed by atoms with Crippen LogP contribution in [-0.4, -0.2) is 16.2 Å². The molecular formula is C16H22N2O. The van der Waals surface area contributed by atoms with Crippen LogP contribution in [0.25, 0.3) is 0 Å². The second-order valence-corrected chi connectivity index (χ2v) is 5.32. The third kappa shape index (κ3) is 4.14. The number of nitrogens with zero attached hydrogens (tertiary/aromatic N) is 1. The third-order valence-corrected chi connectivity index (χ3v) is 3.05. The number of phenols is 1. The molecule has 19 heavy (non-hydrogen) atoms. The van der Waals surface area contributed by atoms with Crippen LogP contribution in [-0.2, 0) is 13.1 Å². The first-order valence-electron chi connectivity index (χ1n) is 6.78. The van der Waals surface area contributed by atoms with Crippen molar-refractivity contribution in [3.63, 3.8) is 0 Å². The highest BCUT2D eigenvalue weighted by molar-refractivity contribution is 5.27. The average Bonchev–Trinajstić information content (AvgIpc) is 2.76. The number of nitrogens with one attached hydrogen (secondary N) is 1. The van der Waals surface area contributed by atoms with E-state index >= 15 is 0 Å². The molecular weight excluding hydrogens is 236 g/mol. The minimum atomic E-state index is 0.323. The van der Waals surface area contributed by atoms with Crippen molar-refractivity contribution < 1.29 is 5.11 Å². The van der Waals surface area contributed by atoms with Gasteiger partial charge in [0.05, 0.1) is 0 Å². The molecule has 0 amide bonds. The topological polar surface area (TPSA) is 37.2 Å². The quantitative estimate of drug-likeness (QED) is 0.836. The molecule has 0 aliphatic carbocycles. The van der Waals surface area contributed by atoms with Gasteiger partial charge in [-0.15, -0.1) is 0 Å². The van der Waals surface area contributed by atoms with E-state index in [1.165, 1.54) is 5.69 Å². The summed E-state index contributed by atoms with van der Waals surface area (Å²) in [6, 6.07) is 11.6. The van der Waals surface area contributed by atoms with Gasteiger partial charge in [0.2, 0.25) is 0 Å². The standard InChI is InChI=1S/C16H22N2O/c1-13(2)10-17-11-15-6-4-8-18(15)12-14-5-3-7-16(19)9-14/h3-9,13,17,19H,10-12H2,1-2H3. The molecule has 1 aromatic heterocycles. The summed E-state index contributed by atoms with van der Waals surface area (Å²) in [7, 11) is 0. The van der Waals surface area contributed by atoms with Gasteiger partial charge in [0.1, 0.15) is 5.75 Å². The Morgan fingerprint density at radius 3 is 2.79 bits per heavy atom. The van der Waals surface area contributed by atoms with E-state index in [-0.39, 0.29) is 0 Å². The molecule has 0 saturated heterocycles. The van der Waals surface area contributed by atoms with Gasteiger partial charge in [0.15, 0.2) is 0 Å². The zero-order chi connectivity index (χ0) is 13.7. The van der Waals surface area contributed by atoms with Gasteiger partial charge in [-0.1, -0.05) is 26.0 Å². The van der Waals surface area contributed by atoms with Crippen LogP contribution < -0.4 is 5.32 Å². The summed E-state index contributed by atoms with van der Waals surface area (Å²) in [6.45, 7) is 7.11. The lowest BCUT2D eigenvalue weighted by molar-refractivity contribution is 0.474. The number of hydrogen-bond donors (Lipinski definition) is 2. The molecule has 0 unspecified atom stereocenters. The molecule has 2 rings (SSSR count). The smallest absolute Gasteiger partial charge is 0.115 e. The summed E-state index contributed by atoms with van der Waals surface area (Å²) in [6.07, 6.45) is 2.08. The van der Waals surface area contributed by atoms with Crippen LogP contribution in [0.2, 0.25) is 0 Å². The van der Waals surface area contributed by atoms with E-state index in [4.69, 9.17) is 0 Å². The molecule has 0 bridgehead atoms. The van der Waals surface area contributed by atoms with Gasteiger partial charge in [-0.2, -0.15) is 0 Å². The molecule has 0 spiro atoms. The monoisotopic (exact) mass is 258 g/mol. The Hall–Kier alpha value is -1.74. The summed E-state index contributed by atoms with van der Waals surface area (Å²) in [5.74, 6) is 0.985. The molecule has 102 valence electrons. The van der Waals surface area contributed by atoms with Crippen LogP contribution in [0.1, 0.15) is 25.1 Å². The van der Waals surface area contributed by atoms with Crippen molar-refractivity contribution in [3.05, 3.63) is 53.9 Å². The predicted molar refractivity (Wildman–Crippen MR) is 78.2 cm³/mol. The Morgan fingerprint density at radius 2 is 2.05 bits per heavy atom. The van der Waals surface area contributed by atoms with Gasteiger partial charge < -0.3 is 15.0 Å². The minimum absolute atomic E-state index is 0.323. The van der Waals surface area contributed by atoms with Crippen molar-refractivity contribution in [1.82, 2.24) is 9.88 Å². The SMILES string of the molecule is CC(C)CNCc1cccn1Cc1cccc(O)c1. The second-order valence-electron chi connectivity index (χ2n) is 5.32. The molecule has 0 aliphatic heterocycles.